The zero-order valence-electron chi connectivity index (χ0n) is 10.3. The zero-order valence-corrected chi connectivity index (χ0v) is 11.9. The third-order valence-electron chi connectivity index (χ3n) is 3.24. The molecule has 0 aromatic heterocycles. The fourth-order valence-electron chi connectivity index (χ4n) is 2.37. The monoisotopic (exact) mass is 301 g/mol. The molecule has 0 aromatic carbocycles. The van der Waals surface area contributed by atoms with Crippen LogP contribution in [0.25, 0.3) is 0 Å². The van der Waals surface area contributed by atoms with E-state index in [1.807, 2.05) is 16.9 Å². The highest BCUT2D eigenvalue weighted by Gasteiger charge is 2.42. The van der Waals surface area contributed by atoms with Gasteiger partial charge in [0.25, 0.3) is 0 Å². The van der Waals surface area contributed by atoms with Crippen LogP contribution < -0.4 is 10.6 Å². The summed E-state index contributed by atoms with van der Waals surface area (Å²) in [6, 6.07) is 0.412. The molecule has 0 saturated carbocycles. The number of thiocarbonyl (C=S) groups is 1. The molecule has 0 aromatic rings. The number of unbranched alkanes of at least 4 members (excludes halogenated alkanes) is 1. The van der Waals surface area contributed by atoms with Gasteiger partial charge in [-0.2, -0.15) is 11.8 Å². The molecule has 2 saturated heterocycles. The number of fused-ring (bicyclic) bond motifs is 1. The van der Waals surface area contributed by atoms with E-state index >= 15 is 0 Å². The number of hydrogen-bond acceptors (Lipinski definition) is 6. The summed E-state index contributed by atoms with van der Waals surface area (Å²) >= 11 is 6.17. The molecule has 2 aliphatic heterocycles. The summed E-state index contributed by atoms with van der Waals surface area (Å²) < 4.78 is 0. The van der Waals surface area contributed by atoms with Gasteiger partial charge in [-0.25, -0.2) is 9.59 Å². The van der Waals surface area contributed by atoms with Crippen molar-refractivity contribution in [2.75, 3.05) is 5.75 Å². The van der Waals surface area contributed by atoms with E-state index in [1.54, 1.807) is 0 Å². The van der Waals surface area contributed by atoms with Crippen LogP contribution in [-0.4, -0.2) is 40.2 Å². The molecule has 2 amide bonds. The third-order valence-corrected chi connectivity index (χ3v) is 4.83. The predicted molar refractivity (Wildman–Crippen MR) is 75.1 cm³/mol. The van der Waals surface area contributed by atoms with E-state index in [4.69, 9.17) is 0 Å². The number of isothiocyanates is 1. The highest BCUT2D eigenvalue weighted by atomic mass is 32.2. The van der Waals surface area contributed by atoms with E-state index in [2.05, 4.69) is 32.8 Å². The van der Waals surface area contributed by atoms with Gasteiger partial charge in [0.1, 0.15) is 5.16 Å². The Morgan fingerprint density at radius 3 is 3.16 bits per heavy atom. The van der Waals surface area contributed by atoms with Crippen molar-refractivity contribution in [1.29, 1.82) is 0 Å². The molecular formula is C11H15N3O3S2. The normalized spacial score (nSPS) is 28.0. The Morgan fingerprint density at radius 2 is 2.37 bits per heavy atom. The average Bonchev–Trinajstić information content (AvgIpc) is 2.92. The smallest absolute Gasteiger partial charge is 0.332 e. The van der Waals surface area contributed by atoms with Gasteiger partial charge >= 0.3 is 12.0 Å². The standard InChI is InChI=1S/C11H15N3O3S2/c15-9(17-12-6-18)4-2-1-3-8-10-7(5-19-8)13-11(16)14-10/h7-8,10H,1-5H2,(H2,13,14,16)/t7-,8-,10-/m1/s1. The topological polar surface area (TPSA) is 79.8 Å². The van der Waals surface area contributed by atoms with Crippen LogP contribution in [0, 0.1) is 0 Å². The SMILES string of the molecule is O=C1N[C@@H]2[C@@H](CS[C@@H]2CCCCC(=O)ON=C=S)N1. The lowest BCUT2D eigenvalue weighted by atomic mass is 10.0. The van der Waals surface area contributed by atoms with Crippen LogP contribution >= 0.6 is 24.0 Å². The molecule has 2 fully saturated rings. The predicted octanol–water partition coefficient (Wildman–Crippen LogP) is 1.27. The van der Waals surface area contributed by atoms with Gasteiger partial charge in [-0.15, -0.1) is 0 Å². The van der Waals surface area contributed by atoms with E-state index in [0.29, 0.717) is 11.7 Å². The van der Waals surface area contributed by atoms with E-state index in [-0.39, 0.29) is 24.1 Å². The summed E-state index contributed by atoms with van der Waals surface area (Å²) in [5.41, 5.74) is 0. The van der Waals surface area contributed by atoms with Gasteiger partial charge in [-0.1, -0.05) is 6.42 Å². The van der Waals surface area contributed by atoms with Crippen LogP contribution in [-0.2, 0) is 9.63 Å². The maximum atomic E-state index is 11.2. The maximum Gasteiger partial charge on any atom is 0.335 e. The zero-order chi connectivity index (χ0) is 13.7. The number of rotatable bonds is 6. The molecule has 2 aliphatic rings. The van der Waals surface area contributed by atoms with E-state index in [0.717, 1.165) is 25.0 Å². The number of carbonyl (C=O) groups is 2. The van der Waals surface area contributed by atoms with E-state index < -0.39 is 0 Å². The molecule has 0 aliphatic carbocycles. The lowest BCUT2D eigenvalue weighted by molar-refractivity contribution is -0.143. The van der Waals surface area contributed by atoms with Gasteiger partial charge in [0.2, 0.25) is 0 Å². The highest BCUT2D eigenvalue weighted by Crippen LogP contribution is 2.33. The van der Waals surface area contributed by atoms with Crippen molar-refractivity contribution < 1.29 is 14.4 Å². The Morgan fingerprint density at radius 1 is 1.53 bits per heavy atom. The molecular weight excluding hydrogens is 286 g/mol. The summed E-state index contributed by atoms with van der Waals surface area (Å²) in [5.74, 6) is 0.574. The van der Waals surface area contributed by atoms with E-state index in [1.165, 1.54) is 0 Å². The largest absolute Gasteiger partial charge is 0.335 e. The Bertz CT molecular complexity index is 412. The number of urea groups is 1. The second-order valence-corrected chi connectivity index (χ2v) is 5.97. The molecule has 0 radical (unpaired) electrons. The number of nitrogens with zero attached hydrogens (tertiary/aromatic N) is 1. The van der Waals surface area contributed by atoms with Crippen molar-refractivity contribution in [3.05, 3.63) is 0 Å². The van der Waals surface area contributed by atoms with E-state index in [9.17, 15) is 9.59 Å². The molecule has 2 N–H and O–H groups in total. The molecule has 8 heteroatoms. The first-order valence-electron chi connectivity index (χ1n) is 6.16. The van der Waals surface area contributed by atoms with Crippen LogP contribution in [0.2, 0.25) is 0 Å². The lowest BCUT2D eigenvalue weighted by Crippen LogP contribution is -2.36. The van der Waals surface area contributed by atoms with Crippen LogP contribution in [0.1, 0.15) is 25.7 Å². The van der Waals surface area contributed by atoms with Crippen molar-refractivity contribution in [2.24, 2.45) is 5.16 Å². The molecule has 6 nitrogen and oxygen atoms in total. The molecule has 2 heterocycles. The minimum Gasteiger partial charge on any atom is -0.332 e. The fraction of sp³-hybridized carbons (Fsp3) is 0.727. The first-order chi connectivity index (χ1) is 9.20. The highest BCUT2D eigenvalue weighted by molar-refractivity contribution is 8.00. The Labute approximate surface area is 120 Å². The minimum atomic E-state index is -0.384. The van der Waals surface area contributed by atoms with Crippen molar-refractivity contribution in [3.63, 3.8) is 0 Å². The summed E-state index contributed by atoms with van der Waals surface area (Å²) in [4.78, 5) is 26.8. The number of amides is 2. The number of nitrogens with one attached hydrogen (secondary N) is 2. The number of carbonyl (C=O) groups excluding carboxylic acids is 2. The van der Waals surface area contributed by atoms with Crippen molar-refractivity contribution >= 4 is 41.1 Å². The average molecular weight is 301 g/mol. The van der Waals surface area contributed by atoms with Gasteiger partial charge in [0, 0.05) is 17.4 Å². The Balaban J connectivity index is 1.62. The summed E-state index contributed by atoms with van der Waals surface area (Å²) in [5, 5.41) is 11.4. The van der Waals surface area contributed by atoms with Gasteiger partial charge < -0.3 is 15.5 Å². The van der Waals surface area contributed by atoms with Gasteiger partial charge in [0.05, 0.1) is 12.1 Å². The second kappa shape index (κ2) is 6.88. The number of thioether (sulfide) groups is 1. The molecule has 19 heavy (non-hydrogen) atoms. The van der Waals surface area contributed by atoms with Gasteiger partial charge in [-0.3, -0.25) is 0 Å². The summed E-state index contributed by atoms with van der Waals surface area (Å²) in [6.07, 6.45) is 2.99. The third kappa shape index (κ3) is 3.92. The molecule has 3 atom stereocenters. The lowest BCUT2D eigenvalue weighted by Gasteiger charge is -2.16. The van der Waals surface area contributed by atoms with Gasteiger partial charge in [-0.05, 0) is 30.2 Å². The fourth-order valence-corrected chi connectivity index (χ4v) is 3.95. The van der Waals surface area contributed by atoms with Crippen molar-refractivity contribution in [2.45, 2.75) is 43.0 Å². The number of hydrogen-bond donors (Lipinski definition) is 2. The first kappa shape index (κ1) is 14.3. The minimum absolute atomic E-state index is 0.0677. The van der Waals surface area contributed by atoms with Crippen LogP contribution in [0.4, 0.5) is 4.79 Å². The molecule has 0 unspecified atom stereocenters. The maximum absolute atomic E-state index is 11.2. The van der Waals surface area contributed by atoms with Crippen molar-refractivity contribution in [3.8, 4) is 0 Å². The molecule has 2 rings (SSSR count). The molecule has 0 spiro atoms. The Hall–Kier alpha value is -1.11. The molecule has 104 valence electrons. The quantitative estimate of drug-likeness (QED) is 0.193. The Kier molecular flexibility index (Phi) is 5.18. The van der Waals surface area contributed by atoms with Crippen LogP contribution in [0.15, 0.2) is 5.16 Å². The van der Waals surface area contributed by atoms with Crippen LogP contribution in [0.5, 0.6) is 0 Å². The first-order valence-corrected chi connectivity index (χ1v) is 7.62. The van der Waals surface area contributed by atoms with Crippen molar-refractivity contribution in [1.82, 2.24) is 10.6 Å². The molecule has 0 bridgehead atoms. The second-order valence-electron chi connectivity index (χ2n) is 4.51. The van der Waals surface area contributed by atoms with Crippen LogP contribution in [0.3, 0.4) is 0 Å². The summed E-state index contributed by atoms with van der Waals surface area (Å²) in [7, 11) is 0. The van der Waals surface area contributed by atoms with Gasteiger partial charge in [0.15, 0.2) is 0 Å². The summed E-state index contributed by atoms with van der Waals surface area (Å²) in [6.45, 7) is 0.